The average molecular weight is 283 g/mol. The van der Waals surface area contributed by atoms with Crippen molar-refractivity contribution in [1.82, 2.24) is 4.98 Å². The highest BCUT2D eigenvalue weighted by molar-refractivity contribution is 6.17. The first-order valence-electron chi connectivity index (χ1n) is 7.06. The summed E-state index contributed by atoms with van der Waals surface area (Å²) < 4.78 is 0. The van der Waals surface area contributed by atoms with Gasteiger partial charge < -0.3 is 4.90 Å². The Morgan fingerprint density at radius 3 is 2.42 bits per heavy atom. The smallest absolute Gasteiger partial charge is 0.128 e. The van der Waals surface area contributed by atoms with E-state index in [4.69, 9.17) is 16.6 Å². The standard InChI is InChI=1S/C16H27ClN2/c1-7-12(2)11-19(6)15-9-13(10-17)8-14(18-15)16(3,4)5/h8-9,12H,7,10-11H2,1-6H3. The van der Waals surface area contributed by atoms with Crippen LogP contribution < -0.4 is 4.90 Å². The highest BCUT2D eigenvalue weighted by atomic mass is 35.5. The number of halogens is 1. The third-order valence-electron chi connectivity index (χ3n) is 3.47. The molecule has 0 saturated carbocycles. The zero-order chi connectivity index (χ0) is 14.6. The van der Waals surface area contributed by atoms with E-state index < -0.39 is 0 Å². The monoisotopic (exact) mass is 282 g/mol. The lowest BCUT2D eigenvalue weighted by atomic mass is 9.91. The van der Waals surface area contributed by atoms with Crippen molar-refractivity contribution in [2.45, 2.75) is 52.3 Å². The Hall–Kier alpha value is -0.760. The summed E-state index contributed by atoms with van der Waals surface area (Å²) in [5, 5.41) is 0. The molecule has 0 aliphatic rings. The Morgan fingerprint density at radius 1 is 1.32 bits per heavy atom. The SMILES string of the molecule is CCC(C)CN(C)c1cc(CCl)cc(C(C)(C)C)n1. The van der Waals surface area contributed by atoms with E-state index in [1.54, 1.807) is 0 Å². The largest absolute Gasteiger partial charge is 0.359 e. The van der Waals surface area contributed by atoms with Crippen molar-refractivity contribution in [2.75, 3.05) is 18.5 Å². The van der Waals surface area contributed by atoms with Gasteiger partial charge in [0.25, 0.3) is 0 Å². The average Bonchev–Trinajstić information content (AvgIpc) is 2.36. The van der Waals surface area contributed by atoms with Gasteiger partial charge in [-0.3, -0.25) is 0 Å². The lowest BCUT2D eigenvalue weighted by Crippen LogP contribution is -2.26. The van der Waals surface area contributed by atoms with Crippen LogP contribution in [0.3, 0.4) is 0 Å². The summed E-state index contributed by atoms with van der Waals surface area (Å²) in [6.07, 6.45) is 1.19. The Balaban J connectivity index is 3.06. The number of nitrogens with zero attached hydrogens (tertiary/aromatic N) is 2. The predicted molar refractivity (Wildman–Crippen MR) is 85.2 cm³/mol. The highest BCUT2D eigenvalue weighted by Crippen LogP contribution is 2.25. The fourth-order valence-corrected chi connectivity index (χ4v) is 2.07. The second-order valence-corrected chi connectivity index (χ2v) is 6.76. The molecular weight excluding hydrogens is 256 g/mol. The molecule has 0 N–H and O–H groups in total. The summed E-state index contributed by atoms with van der Waals surface area (Å²) in [5.74, 6) is 2.24. The third-order valence-corrected chi connectivity index (χ3v) is 3.78. The number of hydrogen-bond acceptors (Lipinski definition) is 2. The molecule has 0 bridgehead atoms. The number of pyridine rings is 1. The number of anilines is 1. The van der Waals surface area contributed by atoms with Crippen molar-refractivity contribution in [3.05, 3.63) is 23.4 Å². The van der Waals surface area contributed by atoms with E-state index in [0.29, 0.717) is 11.8 Å². The van der Waals surface area contributed by atoms with E-state index in [9.17, 15) is 0 Å². The van der Waals surface area contributed by atoms with Gasteiger partial charge in [-0.2, -0.15) is 0 Å². The van der Waals surface area contributed by atoms with Gasteiger partial charge in [-0.1, -0.05) is 41.0 Å². The van der Waals surface area contributed by atoms with Crippen molar-refractivity contribution >= 4 is 17.4 Å². The second kappa shape index (κ2) is 6.60. The molecule has 1 aromatic heterocycles. The van der Waals surface area contributed by atoms with Crippen LogP contribution in [0.5, 0.6) is 0 Å². The van der Waals surface area contributed by atoms with E-state index in [1.807, 2.05) is 0 Å². The first-order valence-corrected chi connectivity index (χ1v) is 7.60. The van der Waals surface area contributed by atoms with E-state index in [-0.39, 0.29) is 5.41 Å². The molecule has 1 unspecified atom stereocenters. The molecule has 2 nitrogen and oxygen atoms in total. The molecule has 0 aliphatic heterocycles. The number of hydrogen-bond donors (Lipinski definition) is 0. The quantitative estimate of drug-likeness (QED) is 0.734. The molecular formula is C16H27ClN2. The van der Waals surface area contributed by atoms with Gasteiger partial charge in [0, 0.05) is 30.6 Å². The van der Waals surface area contributed by atoms with Crippen LogP contribution in [-0.4, -0.2) is 18.6 Å². The van der Waals surface area contributed by atoms with Crippen LogP contribution in [0.25, 0.3) is 0 Å². The van der Waals surface area contributed by atoms with Gasteiger partial charge in [0.05, 0.1) is 0 Å². The molecule has 0 radical (unpaired) electrons. The van der Waals surface area contributed by atoms with Crippen molar-refractivity contribution in [2.24, 2.45) is 5.92 Å². The molecule has 3 heteroatoms. The molecule has 0 aliphatic carbocycles. The zero-order valence-corrected chi connectivity index (χ0v) is 13.9. The van der Waals surface area contributed by atoms with Crippen LogP contribution in [-0.2, 0) is 11.3 Å². The summed E-state index contributed by atoms with van der Waals surface area (Å²) in [4.78, 5) is 7.04. The van der Waals surface area contributed by atoms with Gasteiger partial charge in [0.1, 0.15) is 5.82 Å². The Bertz CT molecular complexity index is 410. The normalized spacial score (nSPS) is 13.4. The Morgan fingerprint density at radius 2 is 1.95 bits per heavy atom. The number of aromatic nitrogens is 1. The second-order valence-electron chi connectivity index (χ2n) is 6.50. The number of rotatable bonds is 5. The third kappa shape index (κ3) is 4.68. The van der Waals surface area contributed by atoms with Gasteiger partial charge in [-0.05, 0) is 23.6 Å². The minimum Gasteiger partial charge on any atom is -0.359 e. The molecule has 0 saturated heterocycles. The van der Waals surface area contributed by atoms with Crippen LogP contribution in [0, 0.1) is 5.92 Å². The van der Waals surface area contributed by atoms with E-state index in [2.05, 4.69) is 58.7 Å². The summed E-state index contributed by atoms with van der Waals surface area (Å²) >= 11 is 6.01. The van der Waals surface area contributed by atoms with Crippen molar-refractivity contribution in [1.29, 1.82) is 0 Å². The summed E-state index contributed by atoms with van der Waals surface area (Å²) in [6, 6.07) is 4.22. The molecule has 0 amide bonds. The lowest BCUT2D eigenvalue weighted by molar-refractivity contribution is 0.549. The molecule has 0 fully saturated rings. The minimum atomic E-state index is 0.0496. The molecule has 1 aromatic rings. The topological polar surface area (TPSA) is 16.1 Å². The fraction of sp³-hybridized carbons (Fsp3) is 0.688. The van der Waals surface area contributed by atoms with E-state index in [0.717, 1.165) is 23.6 Å². The predicted octanol–water partition coefficient (Wildman–Crippen LogP) is 4.60. The van der Waals surface area contributed by atoms with Crippen LogP contribution in [0.1, 0.15) is 52.3 Å². The van der Waals surface area contributed by atoms with Crippen molar-refractivity contribution in [3.8, 4) is 0 Å². The summed E-state index contributed by atoms with van der Waals surface area (Å²) in [5.41, 5.74) is 2.30. The van der Waals surface area contributed by atoms with Gasteiger partial charge >= 0.3 is 0 Å². The summed E-state index contributed by atoms with van der Waals surface area (Å²) in [6.45, 7) is 12.1. The van der Waals surface area contributed by atoms with Crippen molar-refractivity contribution in [3.63, 3.8) is 0 Å². The van der Waals surface area contributed by atoms with E-state index in [1.165, 1.54) is 6.42 Å². The van der Waals surface area contributed by atoms with Crippen molar-refractivity contribution < 1.29 is 0 Å². The maximum Gasteiger partial charge on any atom is 0.128 e. The fourth-order valence-electron chi connectivity index (χ4n) is 1.92. The first kappa shape index (κ1) is 16.3. The highest BCUT2D eigenvalue weighted by Gasteiger charge is 2.18. The zero-order valence-electron chi connectivity index (χ0n) is 13.1. The van der Waals surface area contributed by atoms with Gasteiger partial charge in [0.15, 0.2) is 0 Å². The van der Waals surface area contributed by atoms with Gasteiger partial charge in [-0.25, -0.2) is 4.98 Å². The van der Waals surface area contributed by atoms with E-state index >= 15 is 0 Å². The van der Waals surface area contributed by atoms with Crippen LogP contribution in [0.2, 0.25) is 0 Å². The first-order chi connectivity index (χ1) is 8.77. The van der Waals surface area contributed by atoms with Crippen LogP contribution in [0.15, 0.2) is 12.1 Å². The molecule has 1 rings (SSSR count). The maximum atomic E-state index is 6.01. The molecule has 0 aromatic carbocycles. The van der Waals surface area contributed by atoms with Gasteiger partial charge in [-0.15, -0.1) is 11.6 Å². The molecule has 19 heavy (non-hydrogen) atoms. The maximum absolute atomic E-state index is 6.01. The molecule has 108 valence electrons. The molecule has 1 heterocycles. The van der Waals surface area contributed by atoms with Crippen LogP contribution in [0.4, 0.5) is 5.82 Å². The van der Waals surface area contributed by atoms with Crippen LogP contribution >= 0.6 is 11.6 Å². The van der Waals surface area contributed by atoms with Gasteiger partial charge in [0.2, 0.25) is 0 Å². The lowest BCUT2D eigenvalue weighted by Gasteiger charge is -2.25. The Kier molecular flexibility index (Phi) is 5.66. The molecule has 0 spiro atoms. The number of alkyl halides is 1. The summed E-state index contributed by atoms with van der Waals surface area (Å²) in [7, 11) is 2.11. The molecule has 1 atom stereocenters. The minimum absolute atomic E-state index is 0.0496. The Labute approximate surface area is 123 Å².